The van der Waals surface area contributed by atoms with Gasteiger partial charge in [-0.2, -0.15) is 0 Å². The average Bonchev–Trinajstić information content (AvgIpc) is 2.90. The third-order valence-electron chi connectivity index (χ3n) is 3.97. The van der Waals surface area contributed by atoms with Crippen LogP contribution in [0.25, 0.3) is 0 Å². The topological polar surface area (TPSA) is 37.4 Å². The van der Waals surface area contributed by atoms with Gasteiger partial charge >= 0.3 is 0 Å². The molecule has 0 saturated carbocycles. The summed E-state index contributed by atoms with van der Waals surface area (Å²) in [5, 5.41) is 0. The van der Waals surface area contributed by atoms with E-state index in [0.717, 1.165) is 19.6 Å². The minimum absolute atomic E-state index is 0.0888. The highest BCUT2D eigenvalue weighted by atomic mass is 32.2. The Morgan fingerprint density at radius 3 is 2.14 bits per heavy atom. The fourth-order valence-electron chi connectivity index (χ4n) is 2.80. The van der Waals surface area contributed by atoms with Crippen molar-refractivity contribution in [2.45, 2.75) is 24.4 Å². The first-order valence-electron chi connectivity index (χ1n) is 7.32. The molecule has 2 aromatic rings. The first-order valence-corrected chi connectivity index (χ1v) is 8.97. The highest BCUT2D eigenvalue weighted by Crippen LogP contribution is 2.22. The standard InChI is InChI=1S/C17H18FNO2S/c18-16-6-8-17(9-7-16)22(20,21)11-3-10-19-12-14-4-1-2-5-15(14)13-19/h1-2,4-9H,3,10-13H2. The Balaban J connectivity index is 1.54. The molecule has 0 saturated heterocycles. The molecular formula is C17H18FNO2S. The second-order valence-corrected chi connectivity index (χ2v) is 7.71. The van der Waals surface area contributed by atoms with Gasteiger partial charge in [-0.05, 0) is 48.4 Å². The van der Waals surface area contributed by atoms with E-state index in [1.165, 1.54) is 35.4 Å². The van der Waals surface area contributed by atoms with Crippen LogP contribution in [0.3, 0.4) is 0 Å². The molecule has 5 heteroatoms. The van der Waals surface area contributed by atoms with Crippen molar-refractivity contribution in [3.63, 3.8) is 0 Å². The Morgan fingerprint density at radius 1 is 0.955 bits per heavy atom. The summed E-state index contributed by atoms with van der Waals surface area (Å²) >= 11 is 0. The van der Waals surface area contributed by atoms with Crippen LogP contribution in [0.4, 0.5) is 4.39 Å². The minimum Gasteiger partial charge on any atom is -0.295 e. The Morgan fingerprint density at radius 2 is 1.55 bits per heavy atom. The Bertz CT molecular complexity index is 731. The summed E-state index contributed by atoms with van der Waals surface area (Å²) in [4.78, 5) is 2.45. The molecule has 0 aromatic heterocycles. The third-order valence-corrected chi connectivity index (χ3v) is 5.78. The van der Waals surface area contributed by atoms with Crippen LogP contribution >= 0.6 is 0 Å². The van der Waals surface area contributed by atoms with Crippen LogP contribution in [-0.4, -0.2) is 25.6 Å². The number of halogens is 1. The van der Waals surface area contributed by atoms with Crippen LogP contribution in [0.2, 0.25) is 0 Å². The van der Waals surface area contributed by atoms with Gasteiger partial charge in [0.1, 0.15) is 5.82 Å². The van der Waals surface area contributed by atoms with Gasteiger partial charge in [0.25, 0.3) is 0 Å². The van der Waals surface area contributed by atoms with Crippen LogP contribution in [0.15, 0.2) is 53.4 Å². The minimum atomic E-state index is -3.33. The fourth-order valence-corrected chi connectivity index (χ4v) is 4.10. The van der Waals surface area contributed by atoms with Gasteiger partial charge in [-0.25, -0.2) is 12.8 Å². The van der Waals surface area contributed by atoms with Crippen LogP contribution < -0.4 is 0 Å². The van der Waals surface area contributed by atoms with Crippen LogP contribution in [0.5, 0.6) is 0 Å². The molecule has 0 spiro atoms. The third kappa shape index (κ3) is 3.36. The SMILES string of the molecule is O=S(=O)(CCCN1Cc2ccccc2C1)c1ccc(F)cc1. The molecule has 0 unspecified atom stereocenters. The van der Waals surface area contributed by atoms with Crippen molar-refractivity contribution in [1.82, 2.24) is 4.90 Å². The van der Waals surface area contributed by atoms with Crippen LogP contribution in [0, 0.1) is 5.82 Å². The quantitative estimate of drug-likeness (QED) is 0.795. The first kappa shape index (κ1) is 15.2. The molecule has 116 valence electrons. The van der Waals surface area contributed by atoms with Crippen LogP contribution in [-0.2, 0) is 22.9 Å². The van der Waals surface area contributed by atoms with Gasteiger partial charge < -0.3 is 0 Å². The highest BCUT2D eigenvalue weighted by molar-refractivity contribution is 7.91. The Kier molecular flexibility index (Phi) is 4.27. The molecule has 0 bridgehead atoms. The van der Waals surface area contributed by atoms with E-state index in [0.29, 0.717) is 6.42 Å². The van der Waals surface area contributed by atoms with Gasteiger partial charge in [-0.3, -0.25) is 4.90 Å². The molecule has 1 aliphatic heterocycles. The first-order chi connectivity index (χ1) is 10.5. The van der Waals surface area contributed by atoms with Gasteiger partial charge in [0, 0.05) is 13.1 Å². The lowest BCUT2D eigenvalue weighted by Crippen LogP contribution is -2.20. The Labute approximate surface area is 130 Å². The van der Waals surface area contributed by atoms with Crippen molar-refractivity contribution in [2.24, 2.45) is 0 Å². The predicted octanol–water partition coefficient (Wildman–Crippen LogP) is 3.01. The lowest BCUT2D eigenvalue weighted by atomic mass is 10.1. The van der Waals surface area contributed by atoms with E-state index < -0.39 is 15.7 Å². The second-order valence-electron chi connectivity index (χ2n) is 5.61. The van der Waals surface area contributed by atoms with Crippen molar-refractivity contribution < 1.29 is 12.8 Å². The summed E-state index contributed by atoms with van der Waals surface area (Å²) in [5.41, 5.74) is 2.65. The van der Waals surface area contributed by atoms with E-state index in [1.54, 1.807) is 0 Å². The Hall–Kier alpha value is -1.72. The zero-order chi connectivity index (χ0) is 15.6. The molecule has 0 aliphatic carbocycles. The maximum Gasteiger partial charge on any atom is 0.178 e. The number of hydrogen-bond acceptors (Lipinski definition) is 3. The van der Waals surface area contributed by atoms with Gasteiger partial charge in [0.05, 0.1) is 10.6 Å². The van der Waals surface area contributed by atoms with Gasteiger partial charge in [-0.1, -0.05) is 24.3 Å². The lowest BCUT2D eigenvalue weighted by molar-refractivity contribution is 0.285. The summed E-state index contributed by atoms with van der Waals surface area (Å²) in [6.07, 6.45) is 0.577. The smallest absolute Gasteiger partial charge is 0.178 e. The molecule has 0 N–H and O–H groups in total. The average molecular weight is 319 g/mol. The van der Waals surface area contributed by atoms with E-state index in [-0.39, 0.29) is 10.6 Å². The molecular weight excluding hydrogens is 301 g/mol. The van der Waals surface area contributed by atoms with Crippen molar-refractivity contribution in [3.05, 3.63) is 65.5 Å². The largest absolute Gasteiger partial charge is 0.295 e. The summed E-state index contributed by atoms with van der Waals surface area (Å²) in [6, 6.07) is 13.3. The molecule has 0 radical (unpaired) electrons. The molecule has 0 atom stereocenters. The molecule has 0 amide bonds. The van der Waals surface area contributed by atoms with Gasteiger partial charge in [-0.15, -0.1) is 0 Å². The molecule has 22 heavy (non-hydrogen) atoms. The highest BCUT2D eigenvalue weighted by Gasteiger charge is 2.19. The molecule has 0 fully saturated rings. The number of fused-ring (bicyclic) bond motifs is 1. The van der Waals surface area contributed by atoms with Crippen molar-refractivity contribution >= 4 is 9.84 Å². The van der Waals surface area contributed by atoms with Crippen molar-refractivity contribution in [3.8, 4) is 0 Å². The van der Waals surface area contributed by atoms with E-state index >= 15 is 0 Å². The molecule has 3 rings (SSSR count). The predicted molar refractivity (Wildman–Crippen MR) is 83.6 cm³/mol. The monoisotopic (exact) mass is 319 g/mol. The molecule has 3 nitrogen and oxygen atoms in total. The summed E-state index contributed by atoms with van der Waals surface area (Å²) in [7, 11) is -3.33. The van der Waals surface area contributed by atoms with E-state index in [9.17, 15) is 12.8 Å². The summed E-state index contributed by atoms with van der Waals surface area (Å²) in [5.74, 6) is -0.334. The van der Waals surface area contributed by atoms with Crippen molar-refractivity contribution in [2.75, 3.05) is 12.3 Å². The second kappa shape index (κ2) is 6.18. The summed E-state index contributed by atoms with van der Waals surface area (Å²) in [6.45, 7) is 2.51. The van der Waals surface area contributed by atoms with E-state index in [4.69, 9.17) is 0 Å². The lowest BCUT2D eigenvalue weighted by Gasteiger charge is -2.14. The number of hydrogen-bond donors (Lipinski definition) is 0. The van der Waals surface area contributed by atoms with Crippen LogP contribution in [0.1, 0.15) is 17.5 Å². The van der Waals surface area contributed by atoms with E-state index in [1.807, 2.05) is 12.1 Å². The van der Waals surface area contributed by atoms with E-state index in [2.05, 4.69) is 17.0 Å². The van der Waals surface area contributed by atoms with Crippen molar-refractivity contribution in [1.29, 1.82) is 0 Å². The normalized spacial score (nSPS) is 15.0. The number of sulfone groups is 1. The number of rotatable bonds is 5. The zero-order valence-corrected chi connectivity index (χ0v) is 13.0. The molecule has 1 aliphatic rings. The molecule has 1 heterocycles. The summed E-state index contributed by atoms with van der Waals surface area (Å²) < 4.78 is 37.2. The fraction of sp³-hybridized carbons (Fsp3) is 0.294. The zero-order valence-electron chi connectivity index (χ0n) is 12.2. The van der Waals surface area contributed by atoms with Gasteiger partial charge in [0.15, 0.2) is 9.84 Å². The molecule has 2 aromatic carbocycles. The number of nitrogens with zero attached hydrogens (tertiary/aromatic N) is 1. The number of benzene rings is 2. The maximum atomic E-state index is 12.9. The van der Waals surface area contributed by atoms with Gasteiger partial charge in [0.2, 0.25) is 0 Å². The maximum absolute atomic E-state index is 12.9.